The lowest BCUT2D eigenvalue weighted by molar-refractivity contribution is 0.787. The first-order chi connectivity index (χ1) is 5.79. The Hall–Kier alpha value is -1.65. The summed E-state index contributed by atoms with van der Waals surface area (Å²) in [6.45, 7) is 3.61. The van der Waals surface area contributed by atoms with Crippen LogP contribution >= 0.6 is 0 Å². The van der Waals surface area contributed by atoms with Crippen LogP contribution < -0.4 is 5.69 Å². The Labute approximate surface area is 69.6 Å². The minimum atomic E-state index is -0.272. The van der Waals surface area contributed by atoms with Gasteiger partial charge in [-0.1, -0.05) is 12.2 Å². The van der Waals surface area contributed by atoms with Crippen molar-refractivity contribution in [2.24, 2.45) is 0 Å². The molecule has 0 aliphatic rings. The SMILES string of the molecule is C/C=C\n1nnn(/C=C\C)c1=O. The highest BCUT2D eigenvalue weighted by Gasteiger charge is 1.98. The van der Waals surface area contributed by atoms with Gasteiger partial charge in [0.05, 0.1) is 0 Å². The Morgan fingerprint density at radius 2 is 1.50 bits per heavy atom. The van der Waals surface area contributed by atoms with Gasteiger partial charge in [0.1, 0.15) is 0 Å². The van der Waals surface area contributed by atoms with Crippen LogP contribution in [0.4, 0.5) is 0 Å². The summed E-state index contributed by atoms with van der Waals surface area (Å²) in [7, 11) is 0. The average Bonchev–Trinajstić information content (AvgIpc) is 2.38. The number of allylic oxidation sites excluding steroid dienone is 2. The topological polar surface area (TPSA) is 52.7 Å². The van der Waals surface area contributed by atoms with Crippen molar-refractivity contribution in [3.05, 3.63) is 22.6 Å². The van der Waals surface area contributed by atoms with Gasteiger partial charge in [0, 0.05) is 12.4 Å². The fourth-order valence-electron chi connectivity index (χ4n) is 0.737. The molecule has 5 nitrogen and oxygen atoms in total. The zero-order valence-corrected chi connectivity index (χ0v) is 7.01. The largest absolute Gasteiger partial charge is 0.372 e. The number of rotatable bonds is 2. The quantitative estimate of drug-likeness (QED) is 0.639. The molecule has 0 bridgehead atoms. The molecule has 1 aromatic rings. The second kappa shape index (κ2) is 3.66. The van der Waals surface area contributed by atoms with Crippen LogP contribution in [0.25, 0.3) is 12.4 Å². The van der Waals surface area contributed by atoms with Crippen molar-refractivity contribution in [2.45, 2.75) is 13.8 Å². The average molecular weight is 166 g/mol. The molecule has 0 fully saturated rings. The van der Waals surface area contributed by atoms with Gasteiger partial charge < -0.3 is 0 Å². The van der Waals surface area contributed by atoms with E-state index in [9.17, 15) is 4.79 Å². The summed E-state index contributed by atoms with van der Waals surface area (Å²) in [6.07, 6.45) is 6.54. The number of nitrogens with zero attached hydrogens (tertiary/aromatic N) is 4. The molecule has 0 spiro atoms. The Morgan fingerprint density at radius 1 is 1.08 bits per heavy atom. The highest BCUT2D eigenvalue weighted by atomic mass is 16.2. The van der Waals surface area contributed by atoms with Gasteiger partial charge in [0.25, 0.3) is 0 Å². The molecule has 12 heavy (non-hydrogen) atoms. The van der Waals surface area contributed by atoms with Gasteiger partial charge in [-0.05, 0) is 24.3 Å². The van der Waals surface area contributed by atoms with Crippen molar-refractivity contribution in [3.8, 4) is 0 Å². The van der Waals surface area contributed by atoms with Crippen molar-refractivity contribution in [1.29, 1.82) is 0 Å². The second-order valence-electron chi connectivity index (χ2n) is 2.12. The fraction of sp³-hybridized carbons (Fsp3) is 0.286. The summed E-state index contributed by atoms with van der Waals surface area (Å²) in [5.74, 6) is 0. The molecule has 0 saturated heterocycles. The molecule has 0 unspecified atom stereocenters. The predicted molar refractivity (Wildman–Crippen MR) is 46.3 cm³/mol. The molecular formula is C7H10N4O. The first-order valence-corrected chi connectivity index (χ1v) is 3.59. The van der Waals surface area contributed by atoms with Crippen LogP contribution in [0.1, 0.15) is 13.8 Å². The summed E-state index contributed by atoms with van der Waals surface area (Å²) in [5.41, 5.74) is -0.272. The van der Waals surface area contributed by atoms with E-state index >= 15 is 0 Å². The normalized spacial score (nSPS) is 11.8. The highest BCUT2D eigenvalue weighted by molar-refractivity contribution is 5.20. The van der Waals surface area contributed by atoms with E-state index in [0.717, 1.165) is 0 Å². The third-order valence-corrected chi connectivity index (χ3v) is 1.21. The molecule has 0 atom stereocenters. The van der Waals surface area contributed by atoms with Crippen molar-refractivity contribution in [3.63, 3.8) is 0 Å². The molecule has 0 aromatic carbocycles. The molecule has 0 aliphatic heterocycles. The van der Waals surface area contributed by atoms with E-state index in [2.05, 4.69) is 10.4 Å². The maximum atomic E-state index is 11.2. The molecule has 0 N–H and O–H groups in total. The first-order valence-electron chi connectivity index (χ1n) is 3.59. The van der Waals surface area contributed by atoms with Crippen molar-refractivity contribution < 1.29 is 0 Å². The summed E-state index contributed by atoms with van der Waals surface area (Å²) in [4.78, 5) is 11.2. The van der Waals surface area contributed by atoms with E-state index in [1.54, 1.807) is 38.4 Å². The molecule has 1 rings (SSSR count). The van der Waals surface area contributed by atoms with Gasteiger partial charge in [0.15, 0.2) is 0 Å². The molecule has 1 heterocycles. The minimum Gasteiger partial charge on any atom is -0.243 e. The van der Waals surface area contributed by atoms with E-state index in [1.807, 2.05) is 0 Å². The molecular weight excluding hydrogens is 156 g/mol. The fourth-order valence-corrected chi connectivity index (χ4v) is 0.737. The number of hydrogen-bond acceptors (Lipinski definition) is 3. The van der Waals surface area contributed by atoms with E-state index in [0.29, 0.717) is 0 Å². The van der Waals surface area contributed by atoms with Gasteiger partial charge >= 0.3 is 5.69 Å². The molecule has 0 radical (unpaired) electrons. The van der Waals surface area contributed by atoms with Crippen LogP contribution in [0.3, 0.4) is 0 Å². The summed E-state index contributed by atoms with van der Waals surface area (Å²) < 4.78 is 2.33. The Balaban J connectivity index is 3.13. The van der Waals surface area contributed by atoms with Gasteiger partial charge in [-0.2, -0.15) is 9.36 Å². The van der Waals surface area contributed by atoms with E-state index in [4.69, 9.17) is 0 Å². The smallest absolute Gasteiger partial charge is 0.243 e. The van der Waals surface area contributed by atoms with Crippen molar-refractivity contribution in [1.82, 2.24) is 19.8 Å². The van der Waals surface area contributed by atoms with Crippen LogP contribution in [0.15, 0.2) is 16.9 Å². The Morgan fingerprint density at radius 3 is 1.83 bits per heavy atom. The lowest BCUT2D eigenvalue weighted by atomic mass is 10.7. The van der Waals surface area contributed by atoms with Crippen LogP contribution in [-0.2, 0) is 0 Å². The van der Waals surface area contributed by atoms with Crippen molar-refractivity contribution >= 4 is 12.4 Å². The Bertz CT molecular complexity index is 325. The number of hydrogen-bond donors (Lipinski definition) is 0. The molecule has 0 saturated carbocycles. The number of tetrazole rings is 1. The number of aromatic nitrogens is 4. The summed E-state index contributed by atoms with van der Waals surface area (Å²) in [6, 6.07) is 0. The van der Waals surface area contributed by atoms with Crippen LogP contribution in [0.5, 0.6) is 0 Å². The molecule has 64 valence electrons. The maximum Gasteiger partial charge on any atom is 0.372 e. The van der Waals surface area contributed by atoms with E-state index in [-0.39, 0.29) is 5.69 Å². The monoisotopic (exact) mass is 166 g/mol. The predicted octanol–water partition coefficient (Wildman–Crippen LogP) is 0.421. The van der Waals surface area contributed by atoms with Gasteiger partial charge in [-0.3, -0.25) is 0 Å². The summed E-state index contributed by atoms with van der Waals surface area (Å²) in [5, 5.41) is 7.21. The van der Waals surface area contributed by atoms with E-state index < -0.39 is 0 Å². The second-order valence-corrected chi connectivity index (χ2v) is 2.12. The third-order valence-electron chi connectivity index (χ3n) is 1.21. The van der Waals surface area contributed by atoms with Crippen molar-refractivity contribution in [2.75, 3.05) is 0 Å². The highest BCUT2D eigenvalue weighted by Crippen LogP contribution is 1.78. The van der Waals surface area contributed by atoms with Gasteiger partial charge in [-0.25, -0.2) is 4.79 Å². The molecule has 0 amide bonds. The standard InChI is InChI=1S/C7H10N4O/c1-3-5-10-7(12)11(6-4-2)9-8-10/h3-6H,1-2H3/b5-3-,6-4-. The lowest BCUT2D eigenvalue weighted by Crippen LogP contribution is -2.18. The summed E-state index contributed by atoms with van der Waals surface area (Å²) >= 11 is 0. The van der Waals surface area contributed by atoms with Gasteiger partial charge in [0.2, 0.25) is 0 Å². The zero-order valence-electron chi connectivity index (χ0n) is 7.01. The lowest BCUT2D eigenvalue weighted by Gasteiger charge is -1.83. The van der Waals surface area contributed by atoms with E-state index in [1.165, 1.54) is 9.36 Å². The zero-order chi connectivity index (χ0) is 8.97. The third kappa shape index (κ3) is 1.50. The van der Waals surface area contributed by atoms with Gasteiger partial charge in [-0.15, -0.1) is 0 Å². The van der Waals surface area contributed by atoms with Crippen LogP contribution in [0.2, 0.25) is 0 Å². The Kier molecular flexibility index (Phi) is 2.57. The van der Waals surface area contributed by atoms with Crippen LogP contribution in [-0.4, -0.2) is 19.8 Å². The van der Waals surface area contributed by atoms with Crippen LogP contribution in [0, 0.1) is 0 Å². The first kappa shape index (κ1) is 8.45. The maximum absolute atomic E-state index is 11.2. The molecule has 0 aliphatic carbocycles. The molecule has 5 heteroatoms. The molecule has 1 aromatic heterocycles. The minimum absolute atomic E-state index is 0.272.